The van der Waals surface area contributed by atoms with E-state index >= 15 is 0 Å². The summed E-state index contributed by atoms with van der Waals surface area (Å²) >= 11 is 0. The molecule has 3 rings (SSSR count). The molecule has 1 amide bonds. The first-order chi connectivity index (χ1) is 20.7. The van der Waals surface area contributed by atoms with Gasteiger partial charge in [-0.3, -0.25) is 4.79 Å². The van der Waals surface area contributed by atoms with Crippen LogP contribution >= 0.6 is 0 Å². The summed E-state index contributed by atoms with van der Waals surface area (Å²) in [6, 6.07) is 10.5. The number of amides is 1. The largest absolute Gasteiger partial charge is 0.394 e. The van der Waals surface area contributed by atoms with Gasteiger partial charge in [0.2, 0.25) is 0 Å². The number of anilines is 2. The quantitative estimate of drug-likeness (QED) is 0.146. The average Bonchev–Trinajstić information content (AvgIpc) is 3.07. The van der Waals surface area contributed by atoms with E-state index in [9.17, 15) is 38.8 Å². The number of unbranched alkanes of at least 4 members (excludes halogenated alkanes) is 2. The van der Waals surface area contributed by atoms with E-state index in [4.69, 9.17) is 5.11 Å². The van der Waals surface area contributed by atoms with Crippen molar-refractivity contribution in [2.75, 3.05) is 36.7 Å². The van der Waals surface area contributed by atoms with Gasteiger partial charge in [-0.05, 0) is 54.3 Å². The molecular weight excluding hydrogens is 1730 g/mol. The number of carbonyl (C=O) groups excluding carboxylic acids is 1. The predicted molar refractivity (Wildman–Crippen MR) is 166 cm³/mol. The van der Waals surface area contributed by atoms with Gasteiger partial charge in [0.1, 0.15) is 18.3 Å². The van der Waals surface area contributed by atoms with E-state index in [1.807, 2.05) is 32.8 Å². The van der Waals surface area contributed by atoms with E-state index in [1.165, 1.54) is 11.1 Å². The maximum atomic E-state index is 14.0. The number of rotatable bonds is 14. The van der Waals surface area contributed by atoms with Gasteiger partial charge in [-0.2, -0.15) is 5.06 Å². The van der Waals surface area contributed by atoms with E-state index in [1.54, 1.807) is 36.4 Å². The third-order valence-electron chi connectivity index (χ3n) is 8.31. The molecule has 18 heteroatoms. The van der Waals surface area contributed by atoms with Crippen LogP contribution in [0.2, 0.25) is 0 Å². The topological polar surface area (TPSA) is 191 Å². The van der Waals surface area contributed by atoms with Gasteiger partial charge in [-0.15, -0.1) is 0 Å². The molecular formula is C31H47Ac5N3O9S. The molecule has 261 valence electrons. The zero-order valence-corrected chi connectivity index (χ0v) is 53.2. The normalized spacial score (nSPS) is 18.4. The predicted octanol–water partition coefficient (Wildman–Crippen LogP) is 1.81. The number of hydroxylamine groups is 2. The van der Waals surface area contributed by atoms with E-state index in [0.717, 1.165) is 18.5 Å². The summed E-state index contributed by atoms with van der Waals surface area (Å²) in [4.78, 5) is 14.8. The van der Waals surface area contributed by atoms with Crippen LogP contribution in [0.4, 0.5) is 11.4 Å². The van der Waals surface area contributed by atoms with Gasteiger partial charge in [0, 0.05) is 246 Å². The number of fused-ring (bicyclic) bond motifs is 1. The van der Waals surface area contributed by atoms with Crippen LogP contribution in [0.25, 0.3) is 0 Å². The Morgan fingerprint density at radius 3 is 2.02 bits per heavy atom. The summed E-state index contributed by atoms with van der Waals surface area (Å²) in [7, 11) is -0.181. The van der Waals surface area contributed by atoms with Crippen LogP contribution in [0.15, 0.2) is 47.4 Å². The maximum absolute atomic E-state index is 14.0. The van der Waals surface area contributed by atoms with E-state index in [-0.39, 0.29) is 237 Å². The van der Waals surface area contributed by atoms with E-state index in [2.05, 4.69) is 5.32 Å². The van der Waals surface area contributed by atoms with Crippen molar-refractivity contribution in [3.63, 3.8) is 0 Å². The third-order valence-corrected chi connectivity index (χ3v) is 10.3. The van der Waals surface area contributed by atoms with Crippen LogP contribution in [-0.4, -0.2) is 107 Å². The zero-order valence-electron chi connectivity index (χ0n) is 28.7. The van der Waals surface area contributed by atoms with Crippen LogP contribution in [0.1, 0.15) is 69.5 Å². The fraction of sp³-hybridized carbons (Fsp3) is 0.581. The first-order valence-corrected chi connectivity index (χ1v) is 16.6. The Bertz CT molecular complexity index is 1390. The number of sulfone groups is 1. The van der Waals surface area contributed by atoms with Gasteiger partial charge < -0.3 is 41.0 Å². The van der Waals surface area contributed by atoms with Gasteiger partial charge in [-0.1, -0.05) is 51.7 Å². The van der Waals surface area contributed by atoms with Gasteiger partial charge >= 0.3 is 0 Å². The molecule has 2 aromatic carbocycles. The molecule has 2 aromatic rings. The number of aliphatic hydroxyl groups excluding tert-OH is 5. The Balaban J connectivity index is -0.00000423. The second-order valence-corrected chi connectivity index (χ2v) is 13.8. The second kappa shape index (κ2) is 27.3. The Morgan fingerprint density at radius 1 is 0.939 bits per heavy atom. The Morgan fingerprint density at radius 2 is 1.51 bits per heavy atom. The Labute approximate surface area is 469 Å². The van der Waals surface area contributed by atoms with Crippen molar-refractivity contribution in [1.29, 1.82) is 0 Å². The molecule has 49 heavy (non-hydrogen) atoms. The first-order valence-electron chi connectivity index (χ1n) is 15.0. The number of carbonyl (C=O) groups is 1. The minimum Gasteiger partial charge on any atom is -0.394 e. The van der Waals surface area contributed by atoms with Crippen LogP contribution in [0.3, 0.4) is 0 Å². The molecule has 5 atom stereocenters. The number of hydrogen-bond acceptors (Lipinski definition) is 11. The standard InChI is InChI=1S/C31H47N3O9S.5Ac/c1-5-7-14-31(15-8-6-2)19-44(42,43)25-13-12-22(33(3)4)17-23(25)26(34(31)41)20-10-9-11-21(16-20)32-30(40)29(39)28(38)27(37)24(36)18-35;;;;;/h9-13,16-17,24,26-29,35-39,41H,5-8,14-15,18-19H2,1-4H3,(H,32,40);;;;;. The van der Waals surface area contributed by atoms with Crippen molar-refractivity contribution in [2.24, 2.45) is 0 Å². The summed E-state index contributed by atoms with van der Waals surface area (Å²) < 4.78 is 28.0. The fourth-order valence-electron chi connectivity index (χ4n) is 5.73. The average molecular weight is 1770 g/mol. The Kier molecular flexibility index (Phi) is 32.3. The monoisotopic (exact) mass is 1770 g/mol. The van der Waals surface area contributed by atoms with E-state index in [0.29, 0.717) is 36.8 Å². The molecule has 12 nitrogen and oxygen atoms in total. The molecule has 0 fully saturated rings. The van der Waals surface area contributed by atoms with Crippen molar-refractivity contribution < 1.29 is 264 Å². The molecule has 1 aliphatic rings. The van der Waals surface area contributed by atoms with Crippen molar-refractivity contribution in [3.8, 4) is 0 Å². The molecule has 0 spiro atoms. The van der Waals surface area contributed by atoms with Crippen molar-refractivity contribution in [2.45, 2.75) is 93.3 Å². The molecule has 0 bridgehead atoms. The Hall–Kier alpha value is 4.59. The molecule has 7 N–H and O–H groups in total. The van der Waals surface area contributed by atoms with Gasteiger partial charge in [-0.25, -0.2) is 8.42 Å². The van der Waals surface area contributed by atoms with Crippen molar-refractivity contribution in [1.82, 2.24) is 5.06 Å². The van der Waals surface area contributed by atoms with Crippen molar-refractivity contribution in [3.05, 3.63) is 53.6 Å². The maximum Gasteiger partial charge on any atom is 0.256 e. The first kappa shape index (κ1) is 57.9. The number of hydrogen-bond donors (Lipinski definition) is 7. The summed E-state index contributed by atoms with van der Waals surface area (Å²) in [6.45, 7) is 3.13. The third kappa shape index (κ3) is 15.4. The van der Waals surface area contributed by atoms with E-state index < -0.39 is 58.3 Å². The molecule has 5 radical (unpaired) electrons. The summed E-state index contributed by atoms with van der Waals surface area (Å²) in [6.07, 6.45) is -4.06. The number of aliphatic hydroxyl groups is 5. The van der Waals surface area contributed by atoms with Gasteiger partial charge in [0.25, 0.3) is 5.91 Å². The molecule has 5 unspecified atom stereocenters. The SMILES string of the molecule is CCCCC1(CCCC)CS(=O)(=O)c2ccc(N(C)C)cc2C(c2cccc(NC(=O)C(O)C(O)C(O)C(O)CO)c2)N1O.[Ac].[Ac].[Ac].[Ac].[Ac]. The molecule has 1 aliphatic heterocycles. The van der Waals surface area contributed by atoms with Gasteiger partial charge in [0.15, 0.2) is 15.9 Å². The molecule has 0 saturated carbocycles. The summed E-state index contributed by atoms with van der Waals surface area (Å²) in [5.41, 5.74) is 0.679. The van der Waals surface area contributed by atoms with Crippen LogP contribution in [0.5, 0.6) is 0 Å². The van der Waals surface area contributed by atoms with Crippen molar-refractivity contribution >= 4 is 27.1 Å². The summed E-state index contributed by atoms with van der Waals surface area (Å²) in [5.74, 6) is -1.34. The number of nitrogens with one attached hydrogen (secondary N) is 1. The fourth-order valence-corrected chi connectivity index (χ4v) is 7.81. The molecule has 0 aliphatic carbocycles. The molecule has 0 saturated heterocycles. The van der Waals surface area contributed by atoms with Crippen LogP contribution < -0.4 is 10.2 Å². The second-order valence-electron chi connectivity index (χ2n) is 11.8. The summed E-state index contributed by atoms with van der Waals surface area (Å²) in [5, 5.41) is 64.8. The van der Waals surface area contributed by atoms with Crippen LogP contribution in [-0.2, 0) is 14.6 Å². The minimum atomic E-state index is -3.84. The smallest absolute Gasteiger partial charge is 0.256 e. The molecule has 1 heterocycles. The van der Waals surface area contributed by atoms with Gasteiger partial charge in [0.05, 0.1) is 28.8 Å². The number of benzene rings is 2. The minimum absolute atomic E-state index is 0. The molecule has 0 aromatic heterocycles. The zero-order chi connectivity index (χ0) is 32.8. The number of nitrogens with zero attached hydrogens (tertiary/aromatic N) is 2. The van der Waals surface area contributed by atoms with Crippen LogP contribution in [0, 0.1) is 220 Å².